The van der Waals surface area contributed by atoms with E-state index in [0.29, 0.717) is 27.1 Å². The van der Waals surface area contributed by atoms with E-state index in [0.717, 1.165) is 15.9 Å². The molecule has 3 aromatic heterocycles. The number of para-hydroxylation sites is 2. The van der Waals surface area contributed by atoms with Crippen molar-refractivity contribution in [2.75, 3.05) is 0 Å². The highest BCUT2D eigenvalue weighted by atomic mass is 32.1. The monoisotopic (exact) mass is 404 g/mol. The van der Waals surface area contributed by atoms with Gasteiger partial charge in [-0.1, -0.05) is 24.3 Å². The van der Waals surface area contributed by atoms with E-state index in [1.165, 1.54) is 11.3 Å². The fourth-order valence-corrected chi connectivity index (χ4v) is 4.90. The number of rotatable bonds is 4. The lowest BCUT2D eigenvalue weighted by atomic mass is 10.3. The van der Waals surface area contributed by atoms with Gasteiger partial charge in [0.05, 0.1) is 15.6 Å². The number of thiophene rings is 1. The zero-order valence-electron chi connectivity index (χ0n) is 15.1. The molecule has 0 N–H and O–H groups in total. The molecule has 28 heavy (non-hydrogen) atoms. The van der Waals surface area contributed by atoms with Gasteiger partial charge in [-0.3, -0.25) is 9.36 Å². The van der Waals surface area contributed by atoms with Crippen molar-refractivity contribution >= 4 is 45.4 Å². The maximum atomic E-state index is 13.0. The van der Waals surface area contributed by atoms with Crippen molar-refractivity contribution in [3.05, 3.63) is 84.7 Å². The van der Waals surface area contributed by atoms with Crippen LogP contribution in [-0.4, -0.2) is 14.1 Å². The summed E-state index contributed by atoms with van der Waals surface area (Å²) < 4.78 is 4.66. The highest BCUT2D eigenvalue weighted by molar-refractivity contribution is 7.11. The first kappa shape index (κ1) is 18.2. The molecular weight excluding hydrogens is 388 g/mol. The zero-order chi connectivity index (χ0) is 19.7. The fourth-order valence-electron chi connectivity index (χ4n) is 3.07. The van der Waals surface area contributed by atoms with Gasteiger partial charge in [0.2, 0.25) is 0 Å². The van der Waals surface area contributed by atoms with Gasteiger partial charge in [-0.05, 0) is 29.7 Å². The molecule has 1 aromatic carbocycles. The first-order valence-corrected chi connectivity index (χ1v) is 10.3. The lowest BCUT2D eigenvalue weighted by molar-refractivity contribution is 0.772. The standard InChI is InChI=1S/C21H16N4OS2/c1-3-10-25-20(26)18(12-14-7-6-11-27-14)28-21(25)15(13-22)19-23-16-8-4-5-9-17(16)24(19)2/h3-9,11-12H,1,10H2,2H3/b18-12-,21-15+. The first-order chi connectivity index (χ1) is 13.6. The van der Waals surface area contributed by atoms with Crippen molar-refractivity contribution in [2.24, 2.45) is 7.05 Å². The molecule has 0 radical (unpaired) electrons. The SMILES string of the molecule is C=CCn1c(=O)/c(=C/c2cccs2)s/c1=C(\C#N)c1nc2ccccc2n1C. The average molecular weight is 405 g/mol. The quantitative estimate of drug-likeness (QED) is 0.491. The van der Waals surface area contributed by atoms with Crippen molar-refractivity contribution in [2.45, 2.75) is 6.54 Å². The van der Waals surface area contributed by atoms with Crippen LogP contribution in [-0.2, 0) is 13.6 Å². The Morgan fingerprint density at radius 3 is 2.82 bits per heavy atom. The van der Waals surface area contributed by atoms with E-state index in [2.05, 4.69) is 17.6 Å². The molecule has 3 heterocycles. The third kappa shape index (κ3) is 3.03. The summed E-state index contributed by atoms with van der Waals surface area (Å²) in [6.07, 6.45) is 3.53. The Morgan fingerprint density at radius 1 is 1.32 bits per heavy atom. The van der Waals surface area contributed by atoms with Crippen molar-refractivity contribution in [3.63, 3.8) is 0 Å². The highest BCUT2D eigenvalue weighted by Crippen LogP contribution is 2.18. The van der Waals surface area contributed by atoms with E-state index in [9.17, 15) is 10.1 Å². The minimum absolute atomic E-state index is 0.125. The number of imidazole rings is 1. The predicted octanol–water partition coefficient (Wildman–Crippen LogP) is 2.60. The van der Waals surface area contributed by atoms with Gasteiger partial charge in [0.25, 0.3) is 5.56 Å². The van der Waals surface area contributed by atoms with E-state index >= 15 is 0 Å². The Kier molecular flexibility index (Phi) is 4.82. The molecule has 0 saturated heterocycles. The first-order valence-electron chi connectivity index (χ1n) is 8.56. The Bertz CT molecular complexity index is 1400. The molecule has 0 atom stereocenters. The summed E-state index contributed by atoms with van der Waals surface area (Å²) in [5, 5.41) is 11.9. The zero-order valence-corrected chi connectivity index (χ0v) is 16.8. The van der Waals surface area contributed by atoms with Crippen LogP contribution in [0.4, 0.5) is 0 Å². The summed E-state index contributed by atoms with van der Waals surface area (Å²) in [7, 11) is 1.88. The van der Waals surface area contributed by atoms with Crippen LogP contribution in [0.5, 0.6) is 0 Å². The van der Waals surface area contributed by atoms with Gasteiger partial charge in [-0.25, -0.2) is 4.98 Å². The highest BCUT2D eigenvalue weighted by Gasteiger charge is 2.16. The number of thiazole rings is 1. The molecule has 0 aliphatic carbocycles. The maximum Gasteiger partial charge on any atom is 0.269 e. The van der Waals surface area contributed by atoms with Crippen LogP contribution in [0.15, 0.2) is 59.2 Å². The molecule has 5 nitrogen and oxygen atoms in total. The van der Waals surface area contributed by atoms with Gasteiger partial charge in [0.15, 0.2) is 5.82 Å². The number of aryl methyl sites for hydroxylation is 1. The van der Waals surface area contributed by atoms with Gasteiger partial charge < -0.3 is 4.57 Å². The van der Waals surface area contributed by atoms with Crippen LogP contribution < -0.4 is 14.8 Å². The molecule has 4 rings (SSSR count). The Labute approximate surface area is 169 Å². The summed E-state index contributed by atoms with van der Waals surface area (Å²) in [5.41, 5.74) is 2.00. The second kappa shape index (κ2) is 7.43. The van der Waals surface area contributed by atoms with E-state index in [1.807, 2.05) is 59.5 Å². The lowest BCUT2D eigenvalue weighted by Crippen LogP contribution is -2.32. The minimum atomic E-state index is -0.125. The predicted molar refractivity (Wildman–Crippen MR) is 115 cm³/mol. The summed E-state index contributed by atoms with van der Waals surface area (Å²) in [5.74, 6) is 0.547. The number of fused-ring (bicyclic) bond motifs is 1. The molecule has 0 amide bonds. The van der Waals surface area contributed by atoms with Gasteiger partial charge in [-0.2, -0.15) is 5.26 Å². The average Bonchev–Trinajstić information content (AvgIpc) is 3.40. The second-order valence-corrected chi connectivity index (χ2v) is 8.12. The number of allylic oxidation sites excluding steroid dienone is 1. The molecule has 7 heteroatoms. The normalized spacial score (nSPS) is 12.9. The number of nitriles is 1. The molecule has 0 fully saturated rings. The Hall–Kier alpha value is -3.21. The van der Waals surface area contributed by atoms with Crippen LogP contribution in [0, 0.1) is 11.3 Å². The largest absolute Gasteiger partial charge is 0.326 e. The Morgan fingerprint density at radius 2 is 2.14 bits per heavy atom. The van der Waals surface area contributed by atoms with Gasteiger partial charge >= 0.3 is 0 Å². The molecule has 0 aliphatic rings. The van der Waals surface area contributed by atoms with E-state index < -0.39 is 0 Å². The van der Waals surface area contributed by atoms with Gasteiger partial charge in [-0.15, -0.1) is 29.3 Å². The lowest BCUT2D eigenvalue weighted by Gasteiger charge is -2.02. The number of aromatic nitrogens is 3. The molecule has 0 bridgehead atoms. The van der Waals surface area contributed by atoms with Crippen LogP contribution >= 0.6 is 22.7 Å². The fraction of sp³-hybridized carbons (Fsp3) is 0.0952. The van der Waals surface area contributed by atoms with E-state index in [4.69, 9.17) is 0 Å². The smallest absolute Gasteiger partial charge is 0.269 e. The topological polar surface area (TPSA) is 63.6 Å². The molecule has 4 aromatic rings. The number of benzene rings is 1. The van der Waals surface area contributed by atoms with E-state index in [1.54, 1.807) is 22.0 Å². The van der Waals surface area contributed by atoms with Crippen molar-refractivity contribution < 1.29 is 0 Å². The van der Waals surface area contributed by atoms with Crippen LogP contribution in [0.25, 0.3) is 22.7 Å². The molecule has 0 saturated carbocycles. The number of hydrogen-bond acceptors (Lipinski definition) is 5. The molecule has 0 spiro atoms. The van der Waals surface area contributed by atoms with Crippen LogP contribution in [0.1, 0.15) is 10.7 Å². The van der Waals surface area contributed by atoms with Crippen LogP contribution in [0.2, 0.25) is 0 Å². The van der Waals surface area contributed by atoms with Crippen molar-refractivity contribution in [3.8, 4) is 6.07 Å². The molecule has 0 unspecified atom stereocenters. The number of hydrogen-bond donors (Lipinski definition) is 0. The third-order valence-corrected chi connectivity index (χ3v) is 6.32. The maximum absolute atomic E-state index is 13.0. The molecule has 0 aliphatic heterocycles. The molecule has 138 valence electrons. The third-order valence-electron chi connectivity index (χ3n) is 4.37. The second-order valence-electron chi connectivity index (χ2n) is 6.11. The summed E-state index contributed by atoms with van der Waals surface area (Å²) in [4.78, 5) is 18.6. The van der Waals surface area contributed by atoms with E-state index in [-0.39, 0.29) is 5.56 Å². The Balaban J connectivity index is 2.08. The summed E-state index contributed by atoms with van der Waals surface area (Å²) in [6, 6.07) is 13.9. The van der Waals surface area contributed by atoms with Crippen molar-refractivity contribution in [1.82, 2.24) is 14.1 Å². The van der Waals surface area contributed by atoms with Gasteiger partial charge in [0, 0.05) is 18.5 Å². The minimum Gasteiger partial charge on any atom is -0.326 e. The van der Waals surface area contributed by atoms with Crippen molar-refractivity contribution in [1.29, 1.82) is 5.26 Å². The summed E-state index contributed by atoms with van der Waals surface area (Å²) in [6.45, 7) is 4.09. The molecular formula is C21H16N4OS2. The van der Waals surface area contributed by atoms with Crippen LogP contribution in [0.3, 0.4) is 0 Å². The van der Waals surface area contributed by atoms with Gasteiger partial charge in [0.1, 0.15) is 16.3 Å². The summed E-state index contributed by atoms with van der Waals surface area (Å²) >= 11 is 2.88. The number of nitrogens with zero attached hydrogens (tertiary/aromatic N) is 4.